The molecule has 2 rings (SSSR count). The van der Waals surface area contributed by atoms with E-state index < -0.39 is 16.1 Å². The van der Waals surface area contributed by atoms with Crippen molar-refractivity contribution in [2.24, 2.45) is 0 Å². The molecule has 1 unspecified atom stereocenters. The third-order valence-corrected chi connectivity index (χ3v) is 7.11. The van der Waals surface area contributed by atoms with Crippen LogP contribution in [0.1, 0.15) is 56.2 Å². The van der Waals surface area contributed by atoms with E-state index in [0.29, 0.717) is 25.2 Å². The number of sulfonamides is 1. The van der Waals surface area contributed by atoms with Gasteiger partial charge in [0, 0.05) is 26.1 Å². The second kappa shape index (κ2) is 13.3. The van der Waals surface area contributed by atoms with Gasteiger partial charge in [-0.2, -0.15) is 0 Å². The van der Waals surface area contributed by atoms with Crippen molar-refractivity contribution >= 4 is 27.5 Å². The predicted molar refractivity (Wildman–Crippen MR) is 142 cm³/mol. The van der Waals surface area contributed by atoms with Crippen molar-refractivity contribution in [2.75, 3.05) is 23.7 Å². The normalized spacial score (nSPS) is 12.1. The molecule has 7 nitrogen and oxygen atoms in total. The number of unbranched alkanes of at least 4 members (excludes halogenated alkanes) is 1. The zero-order valence-corrected chi connectivity index (χ0v) is 22.4. The topological polar surface area (TPSA) is 86.8 Å². The highest BCUT2D eigenvalue weighted by Crippen LogP contribution is 2.20. The number of aryl methyl sites for hydroxylation is 2. The van der Waals surface area contributed by atoms with Crippen molar-refractivity contribution in [2.45, 2.75) is 66.0 Å². The van der Waals surface area contributed by atoms with Crippen LogP contribution in [-0.2, 0) is 26.2 Å². The van der Waals surface area contributed by atoms with E-state index in [4.69, 9.17) is 0 Å². The molecule has 0 saturated carbocycles. The Bertz CT molecular complexity index is 1080. The zero-order chi connectivity index (χ0) is 26.0. The Morgan fingerprint density at radius 1 is 1.00 bits per heavy atom. The van der Waals surface area contributed by atoms with Crippen molar-refractivity contribution in [3.63, 3.8) is 0 Å². The Morgan fingerprint density at radius 3 is 2.29 bits per heavy atom. The van der Waals surface area contributed by atoms with Gasteiger partial charge in [-0.3, -0.25) is 13.9 Å². The average Bonchev–Trinajstić information content (AvgIpc) is 2.80. The molecule has 192 valence electrons. The van der Waals surface area contributed by atoms with E-state index in [1.165, 1.54) is 10.6 Å². The number of anilines is 1. The third kappa shape index (κ3) is 9.02. The maximum Gasteiger partial charge on any atom is 0.242 e. The van der Waals surface area contributed by atoms with Crippen LogP contribution in [-0.4, -0.2) is 50.5 Å². The van der Waals surface area contributed by atoms with Gasteiger partial charge < -0.3 is 10.2 Å². The fraction of sp³-hybridized carbons (Fsp3) is 0.481. The molecule has 1 N–H and O–H groups in total. The second-order valence-corrected chi connectivity index (χ2v) is 11.0. The minimum absolute atomic E-state index is 0.135. The van der Waals surface area contributed by atoms with E-state index in [0.717, 1.165) is 29.5 Å². The van der Waals surface area contributed by atoms with Gasteiger partial charge in [0.25, 0.3) is 0 Å². The van der Waals surface area contributed by atoms with Crippen LogP contribution in [0.3, 0.4) is 0 Å². The minimum atomic E-state index is -3.50. The Labute approximate surface area is 210 Å². The SMILES string of the molecule is CCCCNC(=O)C(C)N(Cc1ccc(C)cc1)C(=O)CCCN(c1cccc(C)c1)S(C)(=O)=O. The number of rotatable bonds is 13. The molecule has 0 radical (unpaired) electrons. The fourth-order valence-corrected chi connectivity index (χ4v) is 4.75. The number of nitrogens with zero attached hydrogens (tertiary/aromatic N) is 2. The third-order valence-electron chi connectivity index (χ3n) is 5.91. The highest BCUT2D eigenvalue weighted by atomic mass is 32.2. The summed E-state index contributed by atoms with van der Waals surface area (Å²) in [5.41, 5.74) is 3.60. The quantitative estimate of drug-likeness (QED) is 0.417. The summed E-state index contributed by atoms with van der Waals surface area (Å²) in [5.74, 6) is -0.363. The molecule has 0 aromatic heterocycles. The number of nitrogens with one attached hydrogen (secondary N) is 1. The minimum Gasteiger partial charge on any atom is -0.354 e. The molecule has 8 heteroatoms. The Balaban J connectivity index is 2.13. The van der Waals surface area contributed by atoms with Crippen LogP contribution in [0.2, 0.25) is 0 Å². The predicted octanol–water partition coefficient (Wildman–Crippen LogP) is 4.18. The molecule has 0 aliphatic carbocycles. The monoisotopic (exact) mass is 501 g/mol. The molecular formula is C27H39N3O4S. The molecule has 35 heavy (non-hydrogen) atoms. The first kappa shape index (κ1) is 28.4. The van der Waals surface area contributed by atoms with Gasteiger partial charge in [0.15, 0.2) is 0 Å². The summed E-state index contributed by atoms with van der Waals surface area (Å²) in [6.07, 6.45) is 3.50. The van der Waals surface area contributed by atoms with Crippen LogP contribution in [0.15, 0.2) is 48.5 Å². The maximum atomic E-state index is 13.3. The summed E-state index contributed by atoms with van der Waals surface area (Å²) < 4.78 is 26.2. The first-order valence-corrected chi connectivity index (χ1v) is 14.0. The van der Waals surface area contributed by atoms with Crippen molar-refractivity contribution in [1.82, 2.24) is 10.2 Å². The van der Waals surface area contributed by atoms with Crippen molar-refractivity contribution in [3.05, 3.63) is 65.2 Å². The van der Waals surface area contributed by atoms with E-state index in [1.54, 1.807) is 17.9 Å². The molecular weight excluding hydrogens is 462 g/mol. The van der Waals surface area contributed by atoms with Crippen molar-refractivity contribution in [1.29, 1.82) is 0 Å². The highest BCUT2D eigenvalue weighted by molar-refractivity contribution is 7.92. The molecule has 0 spiro atoms. The number of benzene rings is 2. The highest BCUT2D eigenvalue weighted by Gasteiger charge is 2.26. The molecule has 2 aromatic carbocycles. The van der Waals surface area contributed by atoms with Crippen LogP contribution in [0.4, 0.5) is 5.69 Å². The van der Waals surface area contributed by atoms with Gasteiger partial charge in [-0.15, -0.1) is 0 Å². The number of carbonyl (C=O) groups is 2. The molecule has 2 amide bonds. The van der Waals surface area contributed by atoms with Crippen molar-refractivity contribution < 1.29 is 18.0 Å². The smallest absolute Gasteiger partial charge is 0.242 e. The summed E-state index contributed by atoms with van der Waals surface area (Å²) >= 11 is 0. The van der Waals surface area contributed by atoms with E-state index in [9.17, 15) is 18.0 Å². The van der Waals surface area contributed by atoms with Crippen LogP contribution in [0.5, 0.6) is 0 Å². The standard InChI is InChI=1S/C27H39N3O4S/c1-6-7-17-28-27(32)23(4)29(20-24-15-13-21(2)14-16-24)26(31)12-9-18-30(35(5,33)34)25-11-8-10-22(3)19-25/h8,10-11,13-16,19,23H,6-7,9,12,17-18,20H2,1-5H3,(H,28,32). The van der Waals surface area contributed by atoms with Crippen LogP contribution in [0.25, 0.3) is 0 Å². The lowest BCUT2D eigenvalue weighted by Gasteiger charge is -2.29. The molecule has 2 aromatic rings. The maximum absolute atomic E-state index is 13.3. The summed E-state index contributed by atoms with van der Waals surface area (Å²) in [7, 11) is -3.50. The Hall–Kier alpha value is -2.87. The van der Waals surface area contributed by atoms with Gasteiger partial charge in [0.05, 0.1) is 11.9 Å². The Kier molecular flexibility index (Phi) is 10.8. The van der Waals surface area contributed by atoms with E-state index >= 15 is 0 Å². The van der Waals surface area contributed by atoms with E-state index in [-0.39, 0.29) is 24.8 Å². The molecule has 0 aliphatic rings. The number of hydrogen-bond donors (Lipinski definition) is 1. The average molecular weight is 502 g/mol. The Morgan fingerprint density at radius 2 is 1.69 bits per heavy atom. The lowest BCUT2D eigenvalue weighted by molar-refractivity contribution is -0.140. The number of hydrogen-bond acceptors (Lipinski definition) is 4. The van der Waals surface area contributed by atoms with Crippen LogP contribution in [0, 0.1) is 13.8 Å². The molecule has 0 fully saturated rings. The summed E-state index contributed by atoms with van der Waals surface area (Å²) in [5, 5.41) is 2.91. The number of amides is 2. The molecule has 0 bridgehead atoms. The van der Waals surface area contributed by atoms with Gasteiger partial charge in [-0.05, 0) is 56.9 Å². The lowest BCUT2D eigenvalue weighted by Crippen LogP contribution is -2.48. The van der Waals surface area contributed by atoms with Gasteiger partial charge in [0.2, 0.25) is 21.8 Å². The van der Waals surface area contributed by atoms with Crippen LogP contribution >= 0.6 is 0 Å². The van der Waals surface area contributed by atoms with Gasteiger partial charge in [-0.25, -0.2) is 8.42 Å². The van der Waals surface area contributed by atoms with E-state index in [2.05, 4.69) is 12.2 Å². The van der Waals surface area contributed by atoms with Crippen molar-refractivity contribution in [3.8, 4) is 0 Å². The largest absolute Gasteiger partial charge is 0.354 e. The second-order valence-electron chi connectivity index (χ2n) is 9.11. The summed E-state index contributed by atoms with van der Waals surface area (Å²) in [6, 6.07) is 14.5. The zero-order valence-electron chi connectivity index (χ0n) is 21.6. The first-order valence-electron chi connectivity index (χ1n) is 12.2. The lowest BCUT2D eigenvalue weighted by atomic mass is 10.1. The van der Waals surface area contributed by atoms with Gasteiger partial charge in [0.1, 0.15) is 6.04 Å². The van der Waals surface area contributed by atoms with E-state index in [1.807, 2.05) is 56.3 Å². The molecule has 0 aliphatic heterocycles. The molecule has 0 heterocycles. The van der Waals surface area contributed by atoms with Gasteiger partial charge >= 0.3 is 0 Å². The molecule has 1 atom stereocenters. The van der Waals surface area contributed by atoms with Gasteiger partial charge in [-0.1, -0.05) is 55.3 Å². The first-order chi connectivity index (χ1) is 16.5. The molecule has 0 saturated heterocycles. The summed E-state index contributed by atoms with van der Waals surface area (Å²) in [6.45, 7) is 8.77. The summed E-state index contributed by atoms with van der Waals surface area (Å²) in [4.78, 5) is 27.6. The van der Waals surface area contributed by atoms with Crippen LogP contribution < -0.4 is 9.62 Å². The fourth-order valence-electron chi connectivity index (χ4n) is 3.80. The number of carbonyl (C=O) groups excluding carboxylic acids is 2.